The van der Waals surface area contributed by atoms with Crippen molar-refractivity contribution in [3.63, 3.8) is 0 Å². The van der Waals surface area contributed by atoms with Crippen LogP contribution in [-0.2, 0) is 0 Å². The van der Waals surface area contributed by atoms with Crippen LogP contribution in [0.5, 0.6) is 5.75 Å². The number of fused-ring (bicyclic) bond motifs is 1. The zero-order chi connectivity index (χ0) is 23.4. The molecule has 0 amide bonds. The molecular formula is C27H32N4O2. The minimum absolute atomic E-state index is 0.0658. The third kappa shape index (κ3) is 5.71. The normalized spacial score (nSPS) is 12.3. The lowest BCUT2D eigenvalue weighted by atomic mass is 10.1. The van der Waals surface area contributed by atoms with Gasteiger partial charge in [0.25, 0.3) is 0 Å². The number of hydrogen-bond acceptors (Lipinski definition) is 6. The second-order valence-electron chi connectivity index (χ2n) is 8.76. The van der Waals surface area contributed by atoms with Crippen LogP contribution in [-0.4, -0.2) is 42.1 Å². The molecule has 0 spiro atoms. The van der Waals surface area contributed by atoms with E-state index in [1.54, 1.807) is 6.26 Å². The summed E-state index contributed by atoms with van der Waals surface area (Å²) in [5, 5.41) is 4.64. The van der Waals surface area contributed by atoms with Crippen molar-refractivity contribution in [2.75, 3.05) is 32.6 Å². The van der Waals surface area contributed by atoms with E-state index in [0.29, 0.717) is 6.61 Å². The van der Waals surface area contributed by atoms with E-state index in [1.807, 2.05) is 37.3 Å². The Morgan fingerprint density at radius 2 is 1.91 bits per heavy atom. The molecule has 2 aromatic carbocycles. The third-order valence-electron chi connectivity index (χ3n) is 5.64. The Bertz CT molecular complexity index is 1230. The Balaban J connectivity index is 1.49. The summed E-state index contributed by atoms with van der Waals surface area (Å²) in [6, 6.07) is 16.5. The highest BCUT2D eigenvalue weighted by Crippen LogP contribution is 2.29. The molecule has 33 heavy (non-hydrogen) atoms. The van der Waals surface area contributed by atoms with Gasteiger partial charge < -0.3 is 19.4 Å². The van der Waals surface area contributed by atoms with Crippen LogP contribution in [0.2, 0.25) is 0 Å². The smallest absolute Gasteiger partial charge is 0.134 e. The predicted molar refractivity (Wildman–Crippen MR) is 134 cm³/mol. The molecule has 0 aliphatic heterocycles. The SMILES string of the molecule is Cc1nc(NC(C)c2cccc(OCCCN(C)C)c2)cc(-c2ccc3occ(C)c3c2)n1. The number of hydrogen-bond donors (Lipinski definition) is 1. The van der Waals surface area contributed by atoms with E-state index in [1.165, 1.54) is 0 Å². The van der Waals surface area contributed by atoms with Gasteiger partial charge >= 0.3 is 0 Å². The van der Waals surface area contributed by atoms with Gasteiger partial charge in [0.05, 0.1) is 24.6 Å². The molecule has 0 aliphatic rings. The van der Waals surface area contributed by atoms with Gasteiger partial charge in [-0.2, -0.15) is 0 Å². The Hall–Kier alpha value is -3.38. The number of aromatic nitrogens is 2. The van der Waals surface area contributed by atoms with Crippen molar-refractivity contribution in [2.45, 2.75) is 33.2 Å². The monoisotopic (exact) mass is 444 g/mol. The van der Waals surface area contributed by atoms with Crippen LogP contribution in [0, 0.1) is 13.8 Å². The highest BCUT2D eigenvalue weighted by Gasteiger charge is 2.12. The van der Waals surface area contributed by atoms with Gasteiger partial charge in [-0.05, 0) is 82.7 Å². The molecule has 1 N–H and O–H groups in total. The van der Waals surface area contributed by atoms with E-state index in [4.69, 9.17) is 9.15 Å². The molecule has 6 heteroatoms. The lowest BCUT2D eigenvalue weighted by molar-refractivity contribution is 0.281. The first-order chi connectivity index (χ1) is 15.9. The highest BCUT2D eigenvalue weighted by molar-refractivity contribution is 5.85. The van der Waals surface area contributed by atoms with Gasteiger partial charge in [-0.25, -0.2) is 9.97 Å². The Labute approximate surface area is 195 Å². The first-order valence-corrected chi connectivity index (χ1v) is 11.4. The standard InChI is InChI=1S/C27H32N4O2/c1-18-17-33-26-11-10-22(15-24(18)26)25-16-27(30-20(3)29-25)28-19(2)21-8-6-9-23(14-21)32-13-7-12-31(4)5/h6,8-11,14-17,19H,7,12-13H2,1-5H3,(H,28,29,30). The highest BCUT2D eigenvalue weighted by atomic mass is 16.5. The summed E-state index contributed by atoms with van der Waals surface area (Å²) in [6.45, 7) is 7.82. The lowest BCUT2D eigenvalue weighted by Crippen LogP contribution is -2.15. The molecule has 4 aromatic rings. The molecule has 6 nitrogen and oxygen atoms in total. The molecule has 1 atom stereocenters. The molecule has 0 aliphatic carbocycles. The van der Waals surface area contributed by atoms with Crippen LogP contribution in [0.1, 0.15) is 36.3 Å². The molecular weight excluding hydrogens is 412 g/mol. The summed E-state index contributed by atoms with van der Waals surface area (Å²) in [4.78, 5) is 11.5. The first-order valence-electron chi connectivity index (χ1n) is 11.4. The van der Waals surface area contributed by atoms with Crippen LogP contribution >= 0.6 is 0 Å². The molecule has 0 bridgehead atoms. The van der Waals surface area contributed by atoms with Gasteiger partial charge in [-0.15, -0.1) is 0 Å². The molecule has 0 fully saturated rings. The van der Waals surface area contributed by atoms with Crippen LogP contribution in [0.4, 0.5) is 5.82 Å². The van der Waals surface area contributed by atoms with Crippen molar-refractivity contribution in [1.82, 2.24) is 14.9 Å². The second-order valence-corrected chi connectivity index (χ2v) is 8.76. The number of aryl methyl sites for hydroxylation is 2. The Kier molecular flexibility index (Phi) is 6.94. The topological polar surface area (TPSA) is 63.4 Å². The summed E-state index contributed by atoms with van der Waals surface area (Å²) < 4.78 is 11.5. The molecule has 0 saturated carbocycles. The number of anilines is 1. The maximum atomic E-state index is 5.94. The van der Waals surface area contributed by atoms with Crippen molar-refractivity contribution in [1.29, 1.82) is 0 Å². The summed E-state index contributed by atoms with van der Waals surface area (Å²) in [7, 11) is 4.15. The number of benzene rings is 2. The van der Waals surface area contributed by atoms with Crippen LogP contribution in [0.25, 0.3) is 22.2 Å². The van der Waals surface area contributed by atoms with Crippen molar-refractivity contribution in [3.8, 4) is 17.0 Å². The van der Waals surface area contributed by atoms with E-state index < -0.39 is 0 Å². The maximum absolute atomic E-state index is 5.94. The van der Waals surface area contributed by atoms with E-state index in [0.717, 1.165) is 63.7 Å². The summed E-state index contributed by atoms with van der Waals surface area (Å²) in [5.41, 5.74) is 5.08. The van der Waals surface area contributed by atoms with E-state index in [2.05, 4.69) is 66.3 Å². The molecule has 1 unspecified atom stereocenters. The average molecular weight is 445 g/mol. The van der Waals surface area contributed by atoms with Gasteiger partial charge in [0, 0.05) is 23.6 Å². The molecule has 0 radical (unpaired) electrons. The molecule has 0 saturated heterocycles. The van der Waals surface area contributed by atoms with Crippen molar-refractivity contribution >= 4 is 16.8 Å². The number of rotatable bonds is 9. The van der Waals surface area contributed by atoms with E-state index in [-0.39, 0.29) is 6.04 Å². The fourth-order valence-corrected chi connectivity index (χ4v) is 3.85. The largest absolute Gasteiger partial charge is 0.494 e. The number of nitrogens with one attached hydrogen (secondary N) is 1. The van der Waals surface area contributed by atoms with Gasteiger partial charge in [-0.3, -0.25) is 0 Å². The number of furan rings is 1. The van der Waals surface area contributed by atoms with E-state index in [9.17, 15) is 0 Å². The summed E-state index contributed by atoms with van der Waals surface area (Å²) >= 11 is 0. The second kappa shape index (κ2) is 10.0. The average Bonchev–Trinajstić information content (AvgIpc) is 3.16. The van der Waals surface area contributed by atoms with E-state index >= 15 is 0 Å². The van der Waals surface area contributed by atoms with Gasteiger partial charge in [0.2, 0.25) is 0 Å². The van der Waals surface area contributed by atoms with Gasteiger partial charge in [-0.1, -0.05) is 12.1 Å². The number of ether oxygens (including phenoxy) is 1. The zero-order valence-electron chi connectivity index (χ0n) is 20.1. The Morgan fingerprint density at radius 3 is 2.73 bits per heavy atom. The van der Waals surface area contributed by atoms with Crippen LogP contribution in [0.15, 0.2) is 59.2 Å². The van der Waals surface area contributed by atoms with Crippen LogP contribution < -0.4 is 10.1 Å². The fraction of sp³-hybridized carbons (Fsp3) is 0.333. The lowest BCUT2D eigenvalue weighted by Gasteiger charge is -2.17. The minimum Gasteiger partial charge on any atom is -0.494 e. The van der Waals surface area contributed by atoms with Gasteiger partial charge in [0.1, 0.15) is 23.0 Å². The predicted octanol–water partition coefficient (Wildman–Crippen LogP) is 6.01. The zero-order valence-corrected chi connectivity index (χ0v) is 20.1. The van der Waals surface area contributed by atoms with Crippen molar-refractivity contribution in [3.05, 3.63) is 71.7 Å². The number of nitrogens with zero attached hydrogens (tertiary/aromatic N) is 3. The van der Waals surface area contributed by atoms with Gasteiger partial charge in [0.15, 0.2) is 0 Å². The van der Waals surface area contributed by atoms with Crippen molar-refractivity contribution < 1.29 is 9.15 Å². The molecule has 2 aromatic heterocycles. The van der Waals surface area contributed by atoms with Crippen LogP contribution in [0.3, 0.4) is 0 Å². The first kappa shape index (κ1) is 22.8. The summed E-state index contributed by atoms with van der Waals surface area (Å²) in [5.74, 6) is 2.42. The molecule has 4 rings (SSSR count). The quantitative estimate of drug-likeness (QED) is 0.319. The third-order valence-corrected chi connectivity index (χ3v) is 5.64. The van der Waals surface area contributed by atoms with Crippen molar-refractivity contribution in [2.24, 2.45) is 0 Å². The Morgan fingerprint density at radius 1 is 1.06 bits per heavy atom. The molecule has 2 heterocycles. The molecule has 172 valence electrons. The minimum atomic E-state index is 0.0658. The maximum Gasteiger partial charge on any atom is 0.134 e. The summed E-state index contributed by atoms with van der Waals surface area (Å²) in [6.07, 6.45) is 2.78. The fourth-order valence-electron chi connectivity index (χ4n) is 3.85.